The van der Waals surface area contributed by atoms with Gasteiger partial charge in [0.2, 0.25) is 30.9 Å². The van der Waals surface area contributed by atoms with Gasteiger partial charge < -0.3 is 13.7 Å². The maximum Gasteiger partial charge on any atom is 0.300 e. The van der Waals surface area contributed by atoms with Gasteiger partial charge in [-0.05, 0) is 147 Å². The quantitative estimate of drug-likeness (QED) is 0.0971. The van der Waals surface area contributed by atoms with Crippen LogP contribution < -0.4 is 21.2 Å². The zero-order valence-electron chi connectivity index (χ0n) is 48.3. The van der Waals surface area contributed by atoms with Gasteiger partial charge in [0.05, 0.1) is 6.61 Å². The molecule has 8 aromatic rings. The fourth-order valence-corrected chi connectivity index (χ4v) is 17.6. The first-order valence-electron chi connectivity index (χ1n) is 26.2. The molecule has 0 aliphatic carbocycles. The van der Waals surface area contributed by atoms with Crippen molar-refractivity contribution in [2.45, 2.75) is 97.4 Å². The normalized spacial score (nSPS) is 11.8. The van der Waals surface area contributed by atoms with E-state index in [-0.39, 0.29) is 24.9 Å². The second-order valence-electron chi connectivity index (χ2n) is 19.8. The lowest BCUT2D eigenvalue weighted by molar-refractivity contribution is 0.103. The Labute approximate surface area is 477 Å². The minimum absolute atomic E-state index is 0. The molecule has 1 unspecified atom stereocenters. The fraction of sp³-hybridized carbons (Fsp3) is 0.224. The van der Waals surface area contributed by atoms with Gasteiger partial charge in [0.1, 0.15) is 10.3 Å². The molecule has 0 aliphatic rings. The van der Waals surface area contributed by atoms with Crippen LogP contribution in [0.25, 0.3) is 0 Å². The summed E-state index contributed by atoms with van der Waals surface area (Å²) in [5.74, 6) is 0. The van der Waals surface area contributed by atoms with Crippen molar-refractivity contribution in [3.8, 4) is 0 Å². The van der Waals surface area contributed by atoms with Crippen molar-refractivity contribution in [1.29, 1.82) is 1.28 Å². The van der Waals surface area contributed by atoms with Crippen LogP contribution in [0.1, 0.15) is 123 Å². The molecule has 0 amide bonds. The Morgan fingerprint density at radius 3 is 0.875 bits per heavy atom. The molecule has 0 spiro atoms. The van der Waals surface area contributed by atoms with E-state index in [0.29, 0.717) is 38.2 Å². The van der Waals surface area contributed by atoms with Crippen LogP contribution in [0.15, 0.2) is 170 Å². The predicted octanol–water partition coefficient (Wildman–Crippen LogP) is 16.5. The highest BCUT2D eigenvalue weighted by Gasteiger charge is 2.45. The summed E-state index contributed by atoms with van der Waals surface area (Å²) in [6.45, 7) is 24.7. The van der Waals surface area contributed by atoms with Crippen molar-refractivity contribution in [2.24, 2.45) is 0 Å². The Balaban J connectivity index is 0.000000256. The maximum atomic E-state index is 14.5. The van der Waals surface area contributed by atoms with Gasteiger partial charge in [-0.3, -0.25) is 28.3 Å². The number of rotatable bonds is 14. The molecule has 0 radical (unpaired) electrons. The summed E-state index contributed by atoms with van der Waals surface area (Å²) in [5, 5.41) is 1.87. The maximum absolute atomic E-state index is 14.5. The van der Waals surface area contributed by atoms with E-state index in [1.807, 2.05) is 174 Å². The molecule has 0 saturated carbocycles. The standard InChI is InChI=1S/C26H27O3P.C22H21O2P.C18H21O3P.CH4.HOP/c1-16-12-18(3)23(19(4)13-16)25(27)30(29,22-10-8-7-9-11-22)26(28)24-20(5)14-17(2)15-21(24)6;1-16-14-17(2)21(18(3)15-16)22(23)25(24,19-10-6-4-7-11-19)20-12-8-5-9-13-20;1-5-21-22(20,16-9-7-6-8-10-16)18(19)17-14(3)11-13(2)12-15(17)4;;1-2/h7-15H,1-6H3;4-15H,1-3H3;6-12H,5H2,1-4H3;1H4;2H/i;;;;2T. The molecular weight excluding hydrogens is 1070 g/mol. The van der Waals surface area contributed by atoms with Crippen LogP contribution in [-0.2, 0) is 22.8 Å². The summed E-state index contributed by atoms with van der Waals surface area (Å²) in [6, 6.07) is 50.7. The fourth-order valence-electron chi connectivity index (χ4n) is 10.4. The molecule has 80 heavy (non-hydrogen) atoms. The lowest BCUT2D eigenvalue weighted by Gasteiger charge is -2.21. The van der Waals surface area contributed by atoms with Gasteiger partial charge in [-0.25, -0.2) is 0 Å². The number of benzene rings is 8. The topological polar surface area (TPSA) is 146 Å². The van der Waals surface area contributed by atoms with Gasteiger partial charge in [-0.15, -0.1) is 0 Å². The summed E-state index contributed by atoms with van der Waals surface area (Å²) in [7, 11) is -11.7. The van der Waals surface area contributed by atoms with Crippen molar-refractivity contribution < 1.29 is 42.0 Å². The molecule has 0 saturated heterocycles. The molecule has 13 heteroatoms. The zero-order chi connectivity index (χ0) is 59.3. The van der Waals surface area contributed by atoms with Gasteiger partial charge in [0.25, 0.3) is 5.52 Å². The molecule has 0 N–H and O–H groups in total. The third kappa shape index (κ3) is 14.2. The highest BCUT2D eigenvalue weighted by Crippen LogP contribution is 2.53. The van der Waals surface area contributed by atoms with Crippen LogP contribution in [0.3, 0.4) is 0 Å². The highest BCUT2D eigenvalue weighted by molar-refractivity contribution is 8.01. The summed E-state index contributed by atoms with van der Waals surface area (Å²) in [5.41, 5.74) is 10.5. The molecule has 8 rings (SSSR count). The van der Waals surface area contributed by atoms with Gasteiger partial charge >= 0.3 is 7.37 Å². The summed E-state index contributed by atoms with van der Waals surface area (Å²) in [4.78, 5) is 54.3. The van der Waals surface area contributed by atoms with Crippen molar-refractivity contribution in [3.05, 3.63) is 259 Å². The lowest BCUT2D eigenvalue weighted by atomic mass is 10.0. The van der Waals surface area contributed by atoms with Crippen LogP contribution in [0, 0.1) is 83.1 Å². The molecule has 8 aromatic carbocycles. The van der Waals surface area contributed by atoms with Crippen LogP contribution in [-0.4, -0.2) is 30.0 Å². The van der Waals surface area contributed by atoms with Crippen LogP contribution >= 0.6 is 30.7 Å². The van der Waals surface area contributed by atoms with E-state index in [4.69, 9.17) is 10.4 Å². The number of aryl methyl sites for hydroxylation is 12. The van der Waals surface area contributed by atoms with Crippen LogP contribution in [0.2, 0.25) is 0 Å². The van der Waals surface area contributed by atoms with E-state index < -0.39 is 47.3 Å². The SMILES string of the molecule is C.CCOP(=O)(C(=O)c1c(C)cc(C)cc1C)c1ccccc1.Cc1cc(C)c(C(=O)P(=O)(C(=O)c2c(C)cc(C)cc2C)c2ccccc2)c(C)c1.Cc1cc(C)c(C(=O)P(=O)(c2ccccc2)c2ccccc2)c(C)c1.[3H]P=O. The minimum Gasteiger partial charge on any atom is -0.320 e. The van der Waals surface area contributed by atoms with Crippen molar-refractivity contribution in [2.75, 3.05) is 6.61 Å². The lowest BCUT2D eigenvalue weighted by Crippen LogP contribution is -2.23. The van der Waals surface area contributed by atoms with Gasteiger partial charge in [0.15, 0.2) is 0 Å². The molecule has 0 aromatic heterocycles. The Bertz CT molecular complexity index is 3520. The Morgan fingerprint density at radius 1 is 0.388 bits per heavy atom. The van der Waals surface area contributed by atoms with E-state index in [2.05, 4.69) is 0 Å². The molecule has 0 fully saturated rings. The average Bonchev–Trinajstić information content (AvgIpc) is 3.62. The monoisotopic (exact) mass is 1150 g/mol. The molecule has 1 atom stereocenters. The Morgan fingerprint density at radius 2 is 0.613 bits per heavy atom. The van der Waals surface area contributed by atoms with Crippen molar-refractivity contribution >= 4 is 74.0 Å². The van der Waals surface area contributed by atoms with Gasteiger partial charge in [-0.2, -0.15) is 0 Å². The van der Waals surface area contributed by atoms with Gasteiger partial charge in [-0.1, -0.05) is 187 Å². The highest BCUT2D eigenvalue weighted by atomic mass is 31.2. The molecule has 9 nitrogen and oxygen atoms in total. The smallest absolute Gasteiger partial charge is 0.300 e. The van der Waals surface area contributed by atoms with Crippen LogP contribution in [0.4, 0.5) is 0 Å². The van der Waals surface area contributed by atoms with Gasteiger partial charge in [0, 0.05) is 43.5 Å². The second-order valence-corrected chi connectivity index (χ2v) is 27.3. The third-order valence-corrected chi connectivity index (χ3v) is 21.3. The first-order valence-corrected chi connectivity index (χ1v) is 31.2. The second kappa shape index (κ2) is 28.6. The Hall–Kier alpha value is -6.81. The largest absolute Gasteiger partial charge is 0.320 e. The van der Waals surface area contributed by atoms with E-state index in [1.165, 1.54) is 0 Å². The van der Waals surface area contributed by atoms with Crippen molar-refractivity contribution in [3.63, 3.8) is 0 Å². The van der Waals surface area contributed by atoms with E-state index >= 15 is 0 Å². The summed E-state index contributed by atoms with van der Waals surface area (Å²) < 4.78 is 61.7. The third-order valence-electron chi connectivity index (χ3n) is 13.5. The number of hydrogen-bond acceptors (Lipinski definition) is 9. The predicted molar refractivity (Wildman–Crippen MR) is 334 cm³/mol. The first-order chi connectivity index (χ1) is 37.8. The van der Waals surface area contributed by atoms with Crippen molar-refractivity contribution in [1.82, 2.24) is 0 Å². The minimum atomic E-state index is -4.11. The molecule has 416 valence electrons. The molecular formula is C67H74O9P4. The number of hydrogen-bond donors (Lipinski definition) is 0. The molecule has 0 heterocycles. The first kappa shape index (κ1) is 64.0. The number of carbonyl (C=O) groups is 4. The van der Waals surface area contributed by atoms with E-state index in [1.54, 1.807) is 85.8 Å². The summed E-state index contributed by atoms with van der Waals surface area (Å²) in [6.07, 6.45) is 0. The van der Waals surface area contributed by atoms with Crippen LogP contribution in [0.5, 0.6) is 0 Å². The number of carbonyl (C=O) groups excluding carboxylic acids is 4. The molecule has 0 bridgehead atoms. The molecule has 0 aliphatic heterocycles. The van der Waals surface area contributed by atoms with E-state index in [9.17, 15) is 32.9 Å². The average molecular weight is 1150 g/mol. The zero-order valence-corrected chi connectivity index (χ0v) is 50.9. The summed E-state index contributed by atoms with van der Waals surface area (Å²) >= 11 is 0. The van der Waals surface area contributed by atoms with E-state index in [0.717, 1.165) is 66.8 Å². The Kier molecular flexibility index (Phi) is 22.9.